The summed E-state index contributed by atoms with van der Waals surface area (Å²) >= 11 is 0. The van der Waals surface area contributed by atoms with Crippen molar-refractivity contribution in [2.75, 3.05) is 23.7 Å². The first-order chi connectivity index (χ1) is 9.72. The van der Waals surface area contributed by atoms with E-state index in [1.54, 1.807) is 18.6 Å². The Kier molecular flexibility index (Phi) is 3.32. The molecule has 104 valence electrons. The van der Waals surface area contributed by atoms with Gasteiger partial charge in [-0.15, -0.1) is 0 Å². The molecule has 0 radical (unpaired) electrons. The third-order valence-corrected chi connectivity index (χ3v) is 3.49. The summed E-state index contributed by atoms with van der Waals surface area (Å²) in [6.45, 7) is 1.71. The summed E-state index contributed by atoms with van der Waals surface area (Å²) < 4.78 is 0. The van der Waals surface area contributed by atoms with E-state index in [2.05, 4.69) is 24.8 Å². The maximum absolute atomic E-state index is 11.5. The SMILES string of the molecule is Nc1nc([C@H]2CCCN(c3cnccn3)C2)cc(=O)[nH]1. The first kappa shape index (κ1) is 12.6. The van der Waals surface area contributed by atoms with E-state index in [1.165, 1.54) is 6.07 Å². The van der Waals surface area contributed by atoms with Gasteiger partial charge >= 0.3 is 0 Å². The molecule has 0 spiro atoms. The van der Waals surface area contributed by atoms with Gasteiger partial charge in [0.1, 0.15) is 5.82 Å². The average molecular weight is 272 g/mol. The summed E-state index contributed by atoms with van der Waals surface area (Å²) in [5.74, 6) is 1.22. The number of nitrogen functional groups attached to an aromatic ring is 1. The van der Waals surface area contributed by atoms with E-state index in [4.69, 9.17) is 5.73 Å². The molecule has 2 aromatic heterocycles. The highest BCUT2D eigenvalue weighted by molar-refractivity contribution is 5.37. The molecular formula is C13H16N6O. The van der Waals surface area contributed by atoms with Gasteiger partial charge in [0.25, 0.3) is 5.56 Å². The maximum atomic E-state index is 11.5. The van der Waals surface area contributed by atoms with E-state index >= 15 is 0 Å². The Labute approximate surface area is 115 Å². The fourth-order valence-corrected chi connectivity index (χ4v) is 2.59. The quantitative estimate of drug-likeness (QED) is 0.827. The lowest BCUT2D eigenvalue weighted by Crippen LogP contribution is -2.35. The van der Waals surface area contributed by atoms with Crippen LogP contribution in [0, 0.1) is 0 Å². The van der Waals surface area contributed by atoms with Gasteiger partial charge in [-0.3, -0.25) is 14.8 Å². The Morgan fingerprint density at radius 3 is 3.05 bits per heavy atom. The minimum atomic E-state index is -0.205. The van der Waals surface area contributed by atoms with E-state index in [0.29, 0.717) is 0 Å². The van der Waals surface area contributed by atoms with Gasteiger partial charge in [-0.05, 0) is 12.8 Å². The van der Waals surface area contributed by atoms with Crippen molar-refractivity contribution in [2.45, 2.75) is 18.8 Å². The molecule has 1 fully saturated rings. The summed E-state index contributed by atoms with van der Waals surface area (Å²) in [4.78, 5) is 28.8. The van der Waals surface area contributed by atoms with Crippen LogP contribution in [0.3, 0.4) is 0 Å². The van der Waals surface area contributed by atoms with Crippen molar-refractivity contribution in [1.29, 1.82) is 0 Å². The highest BCUT2D eigenvalue weighted by atomic mass is 16.1. The van der Waals surface area contributed by atoms with Crippen LogP contribution in [0.15, 0.2) is 29.5 Å². The Morgan fingerprint density at radius 2 is 2.30 bits per heavy atom. The van der Waals surface area contributed by atoms with Gasteiger partial charge in [-0.1, -0.05) is 0 Å². The van der Waals surface area contributed by atoms with Crippen LogP contribution in [0.25, 0.3) is 0 Å². The number of rotatable bonds is 2. The molecule has 1 aliphatic rings. The van der Waals surface area contributed by atoms with Crippen LogP contribution in [0.1, 0.15) is 24.5 Å². The number of nitrogens with two attached hydrogens (primary N) is 1. The van der Waals surface area contributed by atoms with Crippen LogP contribution >= 0.6 is 0 Å². The minimum Gasteiger partial charge on any atom is -0.369 e. The fraction of sp³-hybridized carbons (Fsp3) is 0.385. The zero-order valence-corrected chi connectivity index (χ0v) is 11.0. The smallest absolute Gasteiger partial charge is 0.252 e. The van der Waals surface area contributed by atoms with Gasteiger partial charge in [0.05, 0.1) is 11.9 Å². The van der Waals surface area contributed by atoms with E-state index in [9.17, 15) is 4.79 Å². The van der Waals surface area contributed by atoms with Crippen LogP contribution in [-0.2, 0) is 0 Å². The van der Waals surface area contributed by atoms with Crippen molar-refractivity contribution < 1.29 is 0 Å². The standard InChI is InChI=1S/C13H16N6O/c14-13-17-10(6-12(20)18-13)9-2-1-5-19(8-9)11-7-15-3-4-16-11/h3-4,6-7,9H,1-2,5,8H2,(H3,14,17,18,20)/t9-/m0/s1. The molecule has 1 saturated heterocycles. The highest BCUT2D eigenvalue weighted by Gasteiger charge is 2.23. The van der Waals surface area contributed by atoms with E-state index in [-0.39, 0.29) is 17.4 Å². The number of aromatic nitrogens is 4. The van der Waals surface area contributed by atoms with Gasteiger partial charge in [0.15, 0.2) is 0 Å². The van der Waals surface area contributed by atoms with Gasteiger partial charge in [-0.25, -0.2) is 9.97 Å². The third kappa shape index (κ3) is 2.61. The zero-order valence-electron chi connectivity index (χ0n) is 11.0. The molecule has 3 heterocycles. The number of hydrogen-bond acceptors (Lipinski definition) is 6. The normalized spacial score (nSPS) is 19.0. The zero-order chi connectivity index (χ0) is 13.9. The van der Waals surface area contributed by atoms with E-state index in [0.717, 1.165) is 37.4 Å². The molecule has 1 aliphatic heterocycles. The molecular weight excluding hydrogens is 256 g/mol. The topological polar surface area (TPSA) is 101 Å². The number of aromatic amines is 1. The summed E-state index contributed by atoms with van der Waals surface area (Å²) in [5, 5.41) is 0. The maximum Gasteiger partial charge on any atom is 0.252 e. The molecule has 0 bridgehead atoms. The monoisotopic (exact) mass is 272 g/mol. The van der Waals surface area contributed by atoms with Gasteiger partial charge in [0, 0.05) is 37.5 Å². The summed E-state index contributed by atoms with van der Waals surface area (Å²) in [5.41, 5.74) is 6.15. The van der Waals surface area contributed by atoms with Crippen LogP contribution in [-0.4, -0.2) is 33.0 Å². The number of anilines is 2. The van der Waals surface area contributed by atoms with Gasteiger partial charge in [-0.2, -0.15) is 0 Å². The number of nitrogens with one attached hydrogen (secondary N) is 1. The van der Waals surface area contributed by atoms with Crippen LogP contribution in [0.4, 0.5) is 11.8 Å². The molecule has 3 N–H and O–H groups in total. The molecule has 1 atom stereocenters. The number of nitrogens with zero attached hydrogens (tertiary/aromatic N) is 4. The minimum absolute atomic E-state index is 0.170. The van der Waals surface area contributed by atoms with Crippen molar-refractivity contribution in [3.05, 3.63) is 40.7 Å². The predicted octanol–water partition coefficient (Wildman–Crippen LogP) is 0.526. The molecule has 20 heavy (non-hydrogen) atoms. The van der Waals surface area contributed by atoms with Crippen molar-refractivity contribution in [3.8, 4) is 0 Å². The number of piperidine rings is 1. The molecule has 0 saturated carbocycles. The second kappa shape index (κ2) is 5.28. The molecule has 0 aliphatic carbocycles. The highest BCUT2D eigenvalue weighted by Crippen LogP contribution is 2.27. The van der Waals surface area contributed by atoms with Gasteiger partial charge < -0.3 is 10.6 Å². The van der Waals surface area contributed by atoms with Crippen molar-refractivity contribution in [1.82, 2.24) is 19.9 Å². The lowest BCUT2D eigenvalue weighted by molar-refractivity contribution is 0.497. The van der Waals surface area contributed by atoms with E-state index < -0.39 is 0 Å². The Balaban J connectivity index is 1.83. The predicted molar refractivity (Wildman–Crippen MR) is 75.5 cm³/mol. The first-order valence-corrected chi connectivity index (χ1v) is 6.60. The average Bonchev–Trinajstić information content (AvgIpc) is 2.47. The summed E-state index contributed by atoms with van der Waals surface area (Å²) in [6.07, 6.45) is 7.11. The molecule has 0 unspecified atom stereocenters. The number of H-pyrrole nitrogens is 1. The van der Waals surface area contributed by atoms with Crippen LogP contribution < -0.4 is 16.2 Å². The largest absolute Gasteiger partial charge is 0.369 e. The van der Waals surface area contributed by atoms with Gasteiger partial charge in [0.2, 0.25) is 5.95 Å². The lowest BCUT2D eigenvalue weighted by atomic mass is 9.94. The third-order valence-electron chi connectivity index (χ3n) is 3.49. The Bertz CT molecular complexity index is 641. The molecule has 7 heteroatoms. The number of hydrogen-bond donors (Lipinski definition) is 2. The van der Waals surface area contributed by atoms with Crippen molar-refractivity contribution in [2.24, 2.45) is 0 Å². The Morgan fingerprint density at radius 1 is 1.40 bits per heavy atom. The molecule has 2 aromatic rings. The van der Waals surface area contributed by atoms with Crippen LogP contribution in [0.5, 0.6) is 0 Å². The fourth-order valence-electron chi connectivity index (χ4n) is 2.59. The van der Waals surface area contributed by atoms with Crippen molar-refractivity contribution in [3.63, 3.8) is 0 Å². The van der Waals surface area contributed by atoms with E-state index in [1.807, 2.05) is 0 Å². The van der Waals surface area contributed by atoms with Crippen LogP contribution in [0.2, 0.25) is 0 Å². The molecule has 0 aromatic carbocycles. The second-order valence-electron chi connectivity index (χ2n) is 4.90. The second-order valence-corrected chi connectivity index (χ2v) is 4.90. The molecule has 0 amide bonds. The lowest BCUT2D eigenvalue weighted by Gasteiger charge is -2.32. The first-order valence-electron chi connectivity index (χ1n) is 6.60. The molecule has 7 nitrogen and oxygen atoms in total. The summed E-state index contributed by atoms with van der Waals surface area (Å²) in [7, 11) is 0. The molecule has 3 rings (SSSR count). The Hall–Kier alpha value is -2.44. The van der Waals surface area contributed by atoms with Crippen molar-refractivity contribution >= 4 is 11.8 Å². The summed E-state index contributed by atoms with van der Waals surface area (Å²) in [6, 6.07) is 1.53.